The summed E-state index contributed by atoms with van der Waals surface area (Å²) in [5.41, 5.74) is 16.2. The number of fused-ring (bicyclic) bond motifs is 7. The summed E-state index contributed by atoms with van der Waals surface area (Å²) in [6.45, 7) is 0. The van der Waals surface area contributed by atoms with Crippen LogP contribution in [0.1, 0.15) is 0 Å². The molecule has 0 unspecified atom stereocenters. The lowest BCUT2D eigenvalue weighted by atomic mass is 9.96. The Hall–Kier alpha value is -9.19. The molecular weight excluding hydrogens is 827 g/mol. The maximum atomic E-state index is 5.51. The van der Waals surface area contributed by atoms with Crippen LogP contribution in [0.4, 0.5) is 0 Å². The molecule has 0 aliphatic carbocycles. The van der Waals surface area contributed by atoms with Crippen LogP contribution in [0.3, 0.4) is 0 Å². The van der Waals surface area contributed by atoms with Crippen molar-refractivity contribution in [1.29, 1.82) is 0 Å². The molecule has 68 heavy (non-hydrogen) atoms. The van der Waals surface area contributed by atoms with Crippen molar-refractivity contribution in [3.05, 3.63) is 249 Å². The van der Waals surface area contributed by atoms with Crippen LogP contribution in [-0.2, 0) is 0 Å². The Morgan fingerprint density at radius 2 is 0.706 bits per heavy atom. The molecule has 5 nitrogen and oxygen atoms in total. The monoisotopic (exact) mass is 867 g/mol. The van der Waals surface area contributed by atoms with E-state index in [0.29, 0.717) is 17.6 Å². The highest BCUT2D eigenvalue weighted by atomic mass is 15.2. The molecule has 318 valence electrons. The molecule has 0 atom stereocenters. The lowest BCUT2D eigenvalue weighted by Gasteiger charge is -2.15. The number of para-hydroxylation sites is 2. The molecule has 0 aliphatic rings. The normalized spacial score (nSPS) is 11.5. The summed E-state index contributed by atoms with van der Waals surface area (Å²) in [6.07, 6.45) is 0. The molecule has 0 amide bonds. The van der Waals surface area contributed by atoms with Gasteiger partial charge >= 0.3 is 0 Å². The van der Waals surface area contributed by atoms with E-state index in [-0.39, 0.29) is 0 Å². The van der Waals surface area contributed by atoms with Gasteiger partial charge in [0.05, 0.1) is 22.1 Å². The minimum absolute atomic E-state index is 0.538. The fraction of sp³-hybridized carbons (Fsp3) is 0. The molecule has 13 rings (SSSR count). The predicted molar refractivity (Wildman–Crippen MR) is 281 cm³/mol. The van der Waals surface area contributed by atoms with Gasteiger partial charge in [-0.25, -0.2) is 4.98 Å². The fourth-order valence-corrected chi connectivity index (χ4v) is 9.99. The Morgan fingerprint density at radius 1 is 0.265 bits per heavy atom. The molecule has 0 fully saturated rings. The minimum atomic E-state index is 0.538. The van der Waals surface area contributed by atoms with Crippen molar-refractivity contribution in [2.45, 2.75) is 0 Å². The third-order valence-electron chi connectivity index (χ3n) is 13.2. The van der Waals surface area contributed by atoms with E-state index in [0.717, 1.165) is 88.4 Å². The van der Waals surface area contributed by atoms with Crippen molar-refractivity contribution in [3.8, 4) is 78.9 Å². The Bertz CT molecular complexity index is 3970. The molecule has 0 aliphatic heterocycles. The molecule has 0 saturated carbocycles. The van der Waals surface area contributed by atoms with Crippen LogP contribution in [0.5, 0.6) is 0 Å². The second kappa shape index (κ2) is 16.4. The smallest absolute Gasteiger partial charge is 0.238 e. The molecule has 0 N–H and O–H groups in total. The molecule has 10 aromatic carbocycles. The molecule has 5 heteroatoms. The van der Waals surface area contributed by atoms with Crippen LogP contribution in [0.2, 0.25) is 0 Å². The van der Waals surface area contributed by atoms with E-state index >= 15 is 0 Å². The highest BCUT2D eigenvalue weighted by Gasteiger charge is 2.26. The highest BCUT2D eigenvalue weighted by Crippen LogP contribution is 2.46. The highest BCUT2D eigenvalue weighted by molar-refractivity contribution is 6.28. The molecule has 0 radical (unpaired) electrons. The Balaban J connectivity index is 1.14. The third kappa shape index (κ3) is 6.68. The topological polar surface area (TPSA) is 48.5 Å². The molecular formula is C63H41N5. The van der Waals surface area contributed by atoms with Gasteiger partial charge in [0.15, 0.2) is 11.6 Å². The van der Waals surface area contributed by atoms with Gasteiger partial charge in [0, 0.05) is 38.4 Å². The maximum absolute atomic E-state index is 5.51. The standard InChI is InChI=1S/C63H41N5/c1-5-18-42(19-6-1)45-32-34-48(35-33-45)61-64-62(50-27-17-26-49(40-50)44-22-9-3-10-23-44)66-63(65-61)68-57-31-16-14-29-53(57)58-54(47-24-11-4-12-25-47)41-55-52-28-13-15-30-56(52)67(59(55)60(58)68)51-38-36-46(37-39-51)43-20-7-2-8-21-43/h1-41H. The Labute approximate surface area is 393 Å². The van der Waals surface area contributed by atoms with Gasteiger partial charge in [0.2, 0.25) is 5.95 Å². The van der Waals surface area contributed by atoms with Crippen molar-refractivity contribution < 1.29 is 0 Å². The van der Waals surface area contributed by atoms with Gasteiger partial charge in [0.1, 0.15) is 0 Å². The quantitative estimate of drug-likeness (QED) is 0.153. The second-order valence-corrected chi connectivity index (χ2v) is 17.2. The van der Waals surface area contributed by atoms with Crippen LogP contribution in [0.25, 0.3) is 123 Å². The number of aromatic nitrogens is 5. The third-order valence-corrected chi connectivity index (χ3v) is 13.2. The lowest BCUT2D eigenvalue weighted by Crippen LogP contribution is -2.07. The van der Waals surface area contributed by atoms with Crippen LogP contribution in [-0.4, -0.2) is 24.1 Å². The summed E-state index contributed by atoms with van der Waals surface area (Å²) in [7, 11) is 0. The van der Waals surface area contributed by atoms with E-state index in [1.807, 2.05) is 12.1 Å². The number of nitrogens with zero attached hydrogens (tertiary/aromatic N) is 5. The van der Waals surface area contributed by atoms with Gasteiger partial charge in [0.25, 0.3) is 0 Å². The van der Waals surface area contributed by atoms with Gasteiger partial charge < -0.3 is 4.57 Å². The summed E-state index contributed by atoms with van der Waals surface area (Å²) in [4.78, 5) is 16.3. The summed E-state index contributed by atoms with van der Waals surface area (Å²) < 4.78 is 4.72. The SMILES string of the molecule is c1ccc(-c2ccc(-c3nc(-c4cccc(-c5ccccc5)c4)nc(-n4c5ccccc5c5c(-c6ccccc6)cc6c7ccccc7n(-c7ccc(-c8ccccc8)cc7)c6c54)n3)cc2)cc1. The zero-order chi connectivity index (χ0) is 45.0. The fourth-order valence-electron chi connectivity index (χ4n) is 9.99. The molecule has 0 bridgehead atoms. The van der Waals surface area contributed by atoms with Gasteiger partial charge in [-0.3, -0.25) is 4.57 Å². The molecule has 13 aromatic rings. The van der Waals surface area contributed by atoms with Crippen molar-refractivity contribution in [3.63, 3.8) is 0 Å². The first-order chi connectivity index (χ1) is 33.7. The van der Waals surface area contributed by atoms with Crippen LogP contribution >= 0.6 is 0 Å². The number of benzene rings is 10. The van der Waals surface area contributed by atoms with Crippen molar-refractivity contribution in [1.82, 2.24) is 24.1 Å². The van der Waals surface area contributed by atoms with Gasteiger partial charge in [-0.2, -0.15) is 9.97 Å². The lowest BCUT2D eigenvalue weighted by molar-refractivity contribution is 0.953. The summed E-state index contributed by atoms with van der Waals surface area (Å²) >= 11 is 0. The second-order valence-electron chi connectivity index (χ2n) is 17.2. The maximum Gasteiger partial charge on any atom is 0.238 e. The minimum Gasteiger partial charge on any atom is -0.307 e. The van der Waals surface area contributed by atoms with Gasteiger partial charge in [-0.15, -0.1) is 0 Å². The summed E-state index contributed by atoms with van der Waals surface area (Å²) in [6, 6.07) is 88.1. The predicted octanol–water partition coefficient (Wildman–Crippen LogP) is 16.1. The van der Waals surface area contributed by atoms with E-state index < -0.39 is 0 Å². The van der Waals surface area contributed by atoms with Crippen LogP contribution < -0.4 is 0 Å². The largest absolute Gasteiger partial charge is 0.307 e. The first kappa shape index (κ1) is 39.2. The van der Waals surface area contributed by atoms with E-state index in [4.69, 9.17) is 15.0 Å². The van der Waals surface area contributed by atoms with Crippen LogP contribution in [0.15, 0.2) is 249 Å². The van der Waals surface area contributed by atoms with Crippen LogP contribution in [0, 0.1) is 0 Å². The average Bonchev–Trinajstić information content (AvgIpc) is 3.95. The molecule has 3 aromatic heterocycles. The van der Waals surface area contributed by atoms with Crippen molar-refractivity contribution in [2.75, 3.05) is 0 Å². The zero-order valence-corrected chi connectivity index (χ0v) is 36.9. The van der Waals surface area contributed by atoms with E-state index in [1.165, 1.54) is 16.5 Å². The first-order valence-electron chi connectivity index (χ1n) is 23.0. The average molecular weight is 868 g/mol. The molecule has 3 heterocycles. The zero-order valence-electron chi connectivity index (χ0n) is 36.9. The van der Waals surface area contributed by atoms with Gasteiger partial charge in [-0.05, 0) is 80.9 Å². The molecule has 0 saturated heterocycles. The van der Waals surface area contributed by atoms with Crippen molar-refractivity contribution in [2.24, 2.45) is 0 Å². The number of rotatable bonds is 8. The Morgan fingerprint density at radius 3 is 1.32 bits per heavy atom. The number of hydrogen-bond acceptors (Lipinski definition) is 3. The van der Waals surface area contributed by atoms with E-state index in [2.05, 4.69) is 246 Å². The van der Waals surface area contributed by atoms with Crippen molar-refractivity contribution >= 4 is 43.6 Å². The summed E-state index contributed by atoms with van der Waals surface area (Å²) in [5.74, 6) is 1.72. The van der Waals surface area contributed by atoms with Gasteiger partial charge in [-0.1, -0.05) is 212 Å². The van der Waals surface area contributed by atoms with E-state index in [9.17, 15) is 0 Å². The first-order valence-corrected chi connectivity index (χ1v) is 23.0. The molecule has 0 spiro atoms. The van der Waals surface area contributed by atoms with E-state index in [1.54, 1.807) is 0 Å². The Kier molecular flexibility index (Phi) is 9.43. The number of hydrogen-bond donors (Lipinski definition) is 0. The summed E-state index contributed by atoms with van der Waals surface area (Å²) in [5, 5.41) is 4.55.